The molecule has 1 aromatic carbocycles. The topological polar surface area (TPSA) is 93.5 Å². The van der Waals surface area contributed by atoms with E-state index in [1.54, 1.807) is 13.2 Å². The average Bonchev–Trinajstić information content (AvgIpc) is 3.19. The van der Waals surface area contributed by atoms with Crippen molar-refractivity contribution in [1.82, 2.24) is 19.8 Å². The van der Waals surface area contributed by atoms with Crippen LogP contribution in [0.4, 0.5) is 0 Å². The maximum Gasteiger partial charge on any atom is 0.271 e. The summed E-state index contributed by atoms with van der Waals surface area (Å²) in [6.07, 6.45) is 3.02. The number of methoxy groups -OCH3 is 1. The molecule has 0 saturated carbocycles. The second-order valence-corrected chi connectivity index (χ2v) is 8.49. The summed E-state index contributed by atoms with van der Waals surface area (Å²) in [5.41, 5.74) is 1.44. The van der Waals surface area contributed by atoms with Crippen molar-refractivity contribution in [2.24, 2.45) is 0 Å². The van der Waals surface area contributed by atoms with Gasteiger partial charge in [-0.3, -0.25) is 19.0 Å². The number of ether oxygens (including phenoxy) is 1. The number of carbonyl (C=O) groups is 2. The number of benzene rings is 1. The van der Waals surface area contributed by atoms with Crippen molar-refractivity contribution < 1.29 is 14.3 Å². The van der Waals surface area contributed by atoms with E-state index in [1.165, 1.54) is 22.2 Å². The maximum absolute atomic E-state index is 12.6. The highest BCUT2D eigenvalue weighted by molar-refractivity contribution is 7.17. The summed E-state index contributed by atoms with van der Waals surface area (Å²) < 4.78 is 7.12. The van der Waals surface area contributed by atoms with Crippen LogP contribution in [0.1, 0.15) is 24.8 Å². The molecule has 4 rings (SSSR count). The molecule has 1 unspecified atom stereocenters. The van der Waals surface area contributed by atoms with Crippen LogP contribution in [0.3, 0.4) is 0 Å². The number of hydrogen-bond donors (Lipinski definition) is 1. The van der Waals surface area contributed by atoms with Gasteiger partial charge in [-0.2, -0.15) is 0 Å². The van der Waals surface area contributed by atoms with Crippen LogP contribution < -0.4 is 15.6 Å². The number of aromatic nitrogens is 2. The van der Waals surface area contributed by atoms with Crippen molar-refractivity contribution in [3.63, 3.8) is 0 Å². The van der Waals surface area contributed by atoms with E-state index in [1.807, 2.05) is 34.5 Å². The SMILES string of the molecule is COc1cccc(CN2CCC(NC(=O)Cn3cnc4ccsc4c3=O)CCC2=O)c1. The highest BCUT2D eigenvalue weighted by Gasteiger charge is 2.24. The molecular formula is C22H24N4O4S. The van der Waals surface area contributed by atoms with Gasteiger partial charge in [0.1, 0.15) is 17.0 Å². The Morgan fingerprint density at radius 2 is 2.16 bits per heavy atom. The quantitative estimate of drug-likeness (QED) is 0.634. The van der Waals surface area contributed by atoms with Crippen LogP contribution in [0.2, 0.25) is 0 Å². The lowest BCUT2D eigenvalue weighted by Crippen LogP contribution is -2.39. The molecule has 0 spiro atoms. The number of nitrogens with zero attached hydrogens (tertiary/aromatic N) is 3. The second-order valence-electron chi connectivity index (χ2n) is 7.57. The summed E-state index contributed by atoms with van der Waals surface area (Å²) in [5.74, 6) is 0.581. The molecule has 162 valence electrons. The molecular weight excluding hydrogens is 416 g/mol. The van der Waals surface area contributed by atoms with Crippen LogP contribution in [0.15, 0.2) is 46.8 Å². The number of rotatable bonds is 6. The smallest absolute Gasteiger partial charge is 0.271 e. The highest BCUT2D eigenvalue weighted by atomic mass is 32.1. The summed E-state index contributed by atoms with van der Waals surface area (Å²) in [7, 11) is 1.62. The van der Waals surface area contributed by atoms with Crippen LogP contribution in [-0.4, -0.2) is 46.0 Å². The number of carbonyl (C=O) groups excluding carboxylic acids is 2. The molecule has 1 aliphatic heterocycles. The zero-order valence-electron chi connectivity index (χ0n) is 17.2. The Morgan fingerprint density at radius 3 is 3.00 bits per heavy atom. The lowest BCUT2D eigenvalue weighted by Gasteiger charge is -2.21. The first-order chi connectivity index (χ1) is 15.0. The summed E-state index contributed by atoms with van der Waals surface area (Å²) in [5, 5.41) is 4.79. The molecule has 2 aromatic heterocycles. The van der Waals surface area contributed by atoms with Crippen LogP contribution in [0.25, 0.3) is 10.2 Å². The monoisotopic (exact) mass is 440 g/mol. The normalized spacial score (nSPS) is 16.9. The van der Waals surface area contributed by atoms with Crippen molar-refractivity contribution >= 4 is 33.4 Å². The molecule has 1 aliphatic rings. The number of fused-ring (bicyclic) bond motifs is 1. The Bertz CT molecular complexity index is 1160. The number of nitrogens with one attached hydrogen (secondary N) is 1. The molecule has 0 radical (unpaired) electrons. The van der Waals surface area contributed by atoms with Gasteiger partial charge in [-0.05, 0) is 42.0 Å². The molecule has 1 saturated heterocycles. The summed E-state index contributed by atoms with van der Waals surface area (Å²) >= 11 is 1.32. The van der Waals surface area contributed by atoms with Crippen molar-refractivity contribution in [2.75, 3.05) is 13.7 Å². The van der Waals surface area contributed by atoms with Gasteiger partial charge in [0.15, 0.2) is 0 Å². The zero-order chi connectivity index (χ0) is 21.8. The van der Waals surface area contributed by atoms with Gasteiger partial charge in [0, 0.05) is 25.6 Å². The Labute approximate surface area is 183 Å². The first kappa shape index (κ1) is 21.0. The largest absolute Gasteiger partial charge is 0.497 e. The fourth-order valence-electron chi connectivity index (χ4n) is 3.76. The predicted molar refractivity (Wildman–Crippen MR) is 118 cm³/mol. The van der Waals surface area contributed by atoms with Gasteiger partial charge in [-0.25, -0.2) is 4.98 Å². The molecule has 3 aromatic rings. The molecule has 1 atom stereocenters. The molecule has 3 heterocycles. The van der Waals surface area contributed by atoms with Crippen molar-refractivity contribution in [2.45, 2.75) is 38.4 Å². The lowest BCUT2D eigenvalue weighted by molar-refractivity contribution is -0.131. The van der Waals surface area contributed by atoms with Gasteiger partial charge >= 0.3 is 0 Å². The fourth-order valence-corrected chi connectivity index (χ4v) is 4.55. The first-order valence-corrected chi connectivity index (χ1v) is 11.0. The van der Waals surface area contributed by atoms with Crippen LogP contribution >= 0.6 is 11.3 Å². The molecule has 2 amide bonds. The minimum atomic E-state index is -0.251. The number of hydrogen-bond acceptors (Lipinski definition) is 6. The third-order valence-electron chi connectivity index (χ3n) is 5.43. The summed E-state index contributed by atoms with van der Waals surface area (Å²) in [4.78, 5) is 43.6. The van der Waals surface area contributed by atoms with Gasteiger partial charge in [-0.15, -0.1) is 11.3 Å². The Hall–Kier alpha value is -3.20. The van der Waals surface area contributed by atoms with Crippen molar-refractivity contribution in [3.8, 4) is 5.75 Å². The van der Waals surface area contributed by atoms with Crippen molar-refractivity contribution in [3.05, 3.63) is 58.0 Å². The average molecular weight is 441 g/mol. The Balaban J connectivity index is 1.35. The van der Waals surface area contributed by atoms with Crippen molar-refractivity contribution in [1.29, 1.82) is 0 Å². The molecule has 31 heavy (non-hydrogen) atoms. The lowest BCUT2D eigenvalue weighted by atomic mass is 10.1. The summed E-state index contributed by atoms with van der Waals surface area (Å²) in [6, 6.07) is 9.34. The van der Waals surface area contributed by atoms with Gasteiger partial charge in [0.25, 0.3) is 5.56 Å². The summed E-state index contributed by atoms with van der Waals surface area (Å²) in [6.45, 7) is 0.986. The van der Waals surface area contributed by atoms with E-state index < -0.39 is 0 Å². The minimum Gasteiger partial charge on any atom is -0.497 e. The molecule has 1 N–H and O–H groups in total. The zero-order valence-corrected chi connectivity index (χ0v) is 18.1. The standard InChI is InChI=1S/C22H24N4O4S/c1-30-17-4-2-3-15(11-17)12-25-9-7-16(5-6-20(25)28)24-19(27)13-26-14-23-18-8-10-31-21(18)22(26)29/h2-4,8,10-11,14,16H,5-7,9,12-13H2,1H3,(H,24,27). The molecule has 0 bridgehead atoms. The molecule has 1 fully saturated rings. The Kier molecular flexibility index (Phi) is 6.31. The van der Waals surface area contributed by atoms with E-state index >= 15 is 0 Å². The minimum absolute atomic E-state index is 0.0723. The first-order valence-electron chi connectivity index (χ1n) is 10.2. The van der Waals surface area contributed by atoms with Gasteiger partial charge in [0.05, 0.1) is 19.0 Å². The van der Waals surface area contributed by atoms with E-state index in [9.17, 15) is 14.4 Å². The third kappa shape index (κ3) is 4.93. The molecule has 9 heteroatoms. The molecule has 0 aliphatic carbocycles. The number of likely N-dealkylation sites (tertiary alicyclic amines) is 1. The van der Waals surface area contributed by atoms with Crippen LogP contribution in [0.5, 0.6) is 5.75 Å². The van der Waals surface area contributed by atoms with Gasteiger partial charge < -0.3 is 15.0 Å². The molecule has 8 nitrogen and oxygen atoms in total. The van der Waals surface area contributed by atoms with Gasteiger partial charge in [-0.1, -0.05) is 12.1 Å². The van der Waals surface area contributed by atoms with E-state index in [0.29, 0.717) is 42.6 Å². The van der Waals surface area contributed by atoms with E-state index in [-0.39, 0.29) is 30.0 Å². The second kappa shape index (κ2) is 9.30. The number of thiophene rings is 1. The van der Waals surface area contributed by atoms with Crippen LogP contribution in [-0.2, 0) is 22.7 Å². The van der Waals surface area contributed by atoms with Gasteiger partial charge in [0.2, 0.25) is 11.8 Å². The van der Waals surface area contributed by atoms with E-state index in [2.05, 4.69) is 10.3 Å². The van der Waals surface area contributed by atoms with Crippen LogP contribution in [0, 0.1) is 0 Å². The predicted octanol–water partition coefficient (Wildman–Crippen LogP) is 2.16. The highest BCUT2D eigenvalue weighted by Crippen LogP contribution is 2.18. The third-order valence-corrected chi connectivity index (χ3v) is 6.32. The number of amides is 2. The Morgan fingerprint density at radius 1 is 1.29 bits per heavy atom. The maximum atomic E-state index is 12.6. The fraction of sp³-hybridized carbons (Fsp3) is 0.364. The van der Waals surface area contributed by atoms with E-state index in [0.717, 1.165) is 11.3 Å². The van der Waals surface area contributed by atoms with E-state index in [4.69, 9.17) is 4.74 Å².